The molecule has 20 heavy (non-hydrogen) atoms. The second-order valence-electron chi connectivity index (χ2n) is 6.24. The monoisotopic (exact) mass is 295 g/mol. The van der Waals surface area contributed by atoms with Crippen LogP contribution < -0.4 is 5.32 Å². The molecular weight excluding hydrogens is 270 g/mol. The normalized spacial score (nSPS) is 29.9. The van der Waals surface area contributed by atoms with Crippen LogP contribution in [0.5, 0.6) is 0 Å². The average Bonchev–Trinajstić information content (AvgIpc) is 2.97. The minimum Gasteiger partial charge on any atom is -0.468 e. The summed E-state index contributed by atoms with van der Waals surface area (Å²) in [4.78, 5) is 0. The van der Waals surface area contributed by atoms with Gasteiger partial charge in [0.1, 0.15) is 5.76 Å². The van der Waals surface area contributed by atoms with Gasteiger partial charge in [0.2, 0.25) is 0 Å². The summed E-state index contributed by atoms with van der Waals surface area (Å²) in [6.07, 6.45) is 9.20. The Morgan fingerprint density at radius 3 is 3.00 bits per heavy atom. The first-order valence-corrected chi connectivity index (χ1v) is 8.96. The summed E-state index contributed by atoms with van der Waals surface area (Å²) in [6.45, 7) is 0.303. The van der Waals surface area contributed by atoms with Gasteiger partial charge >= 0.3 is 0 Å². The molecule has 4 heteroatoms. The van der Waals surface area contributed by atoms with Crippen molar-refractivity contribution in [3.63, 3.8) is 0 Å². The molecule has 3 nitrogen and oxygen atoms in total. The van der Waals surface area contributed by atoms with E-state index < -0.39 is 0 Å². The number of nitrogens with one attached hydrogen (secondary N) is 1. The largest absolute Gasteiger partial charge is 0.468 e. The van der Waals surface area contributed by atoms with Crippen LogP contribution in [-0.4, -0.2) is 29.0 Å². The van der Waals surface area contributed by atoms with E-state index in [0.29, 0.717) is 18.6 Å². The van der Waals surface area contributed by atoms with E-state index in [0.717, 1.165) is 23.7 Å². The topological polar surface area (TPSA) is 45.4 Å². The summed E-state index contributed by atoms with van der Waals surface area (Å²) < 4.78 is 5.36. The SMILES string of the molecule is OCC1(NC2CC2)CCCC1CCSCc1ccco1. The van der Waals surface area contributed by atoms with E-state index in [4.69, 9.17) is 4.42 Å². The minimum atomic E-state index is 0.0202. The number of rotatable bonds is 8. The average molecular weight is 295 g/mol. The summed E-state index contributed by atoms with van der Waals surface area (Å²) in [6, 6.07) is 4.66. The van der Waals surface area contributed by atoms with Gasteiger partial charge in [-0.2, -0.15) is 11.8 Å². The fourth-order valence-electron chi connectivity index (χ4n) is 3.44. The third-order valence-corrected chi connectivity index (χ3v) is 5.76. The molecule has 2 unspecified atom stereocenters. The molecular formula is C16H25NO2S. The highest BCUT2D eigenvalue weighted by Gasteiger charge is 2.44. The second kappa shape index (κ2) is 6.54. The zero-order valence-electron chi connectivity index (χ0n) is 12.0. The zero-order chi connectivity index (χ0) is 13.8. The number of furan rings is 1. The van der Waals surface area contributed by atoms with Crippen molar-refractivity contribution in [2.75, 3.05) is 12.4 Å². The smallest absolute Gasteiger partial charge is 0.113 e. The Morgan fingerprint density at radius 2 is 2.30 bits per heavy atom. The van der Waals surface area contributed by atoms with E-state index in [1.807, 2.05) is 23.9 Å². The van der Waals surface area contributed by atoms with Gasteiger partial charge < -0.3 is 14.8 Å². The highest BCUT2D eigenvalue weighted by atomic mass is 32.2. The van der Waals surface area contributed by atoms with Crippen molar-refractivity contribution in [1.82, 2.24) is 5.32 Å². The molecule has 2 aliphatic carbocycles. The molecule has 0 spiro atoms. The predicted molar refractivity (Wildman–Crippen MR) is 82.8 cm³/mol. The van der Waals surface area contributed by atoms with Gasteiger partial charge in [-0.1, -0.05) is 6.42 Å². The lowest BCUT2D eigenvalue weighted by Crippen LogP contribution is -2.52. The molecule has 2 N–H and O–H groups in total. The quantitative estimate of drug-likeness (QED) is 0.723. The number of aliphatic hydroxyl groups excluding tert-OH is 1. The first-order chi connectivity index (χ1) is 9.82. The Kier molecular flexibility index (Phi) is 4.74. The summed E-state index contributed by atoms with van der Waals surface area (Å²) >= 11 is 1.94. The molecule has 2 atom stereocenters. The van der Waals surface area contributed by atoms with Crippen LogP contribution in [0.3, 0.4) is 0 Å². The Balaban J connectivity index is 1.45. The summed E-state index contributed by atoms with van der Waals surface area (Å²) in [5, 5.41) is 13.6. The van der Waals surface area contributed by atoms with Crippen LogP contribution >= 0.6 is 11.8 Å². The van der Waals surface area contributed by atoms with Gasteiger partial charge in [-0.25, -0.2) is 0 Å². The lowest BCUT2D eigenvalue weighted by Gasteiger charge is -2.35. The third-order valence-electron chi connectivity index (χ3n) is 4.74. The fourth-order valence-corrected chi connectivity index (χ4v) is 4.40. The molecule has 0 bridgehead atoms. The first-order valence-electron chi connectivity index (χ1n) is 7.81. The van der Waals surface area contributed by atoms with Crippen molar-refractivity contribution in [3.05, 3.63) is 24.2 Å². The Labute approximate surface area is 125 Å². The van der Waals surface area contributed by atoms with Crippen molar-refractivity contribution in [1.29, 1.82) is 0 Å². The maximum Gasteiger partial charge on any atom is 0.113 e. The third kappa shape index (κ3) is 3.41. The Hall–Kier alpha value is -0.450. The molecule has 0 aliphatic heterocycles. The van der Waals surface area contributed by atoms with Crippen molar-refractivity contribution in [3.8, 4) is 0 Å². The molecule has 1 aromatic heterocycles. The molecule has 112 valence electrons. The first kappa shape index (κ1) is 14.5. The summed E-state index contributed by atoms with van der Waals surface area (Å²) in [5.41, 5.74) is 0.0202. The fraction of sp³-hybridized carbons (Fsp3) is 0.750. The van der Waals surface area contributed by atoms with Gasteiger partial charge in [0.15, 0.2) is 0 Å². The maximum atomic E-state index is 9.89. The summed E-state index contributed by atoms with van der Waals surface area (Å²) in [5.74, 6) is 3.81. The highest BCUT2D eigenvalue weighted by molar-refractivity contribution is 7.98. The Morgan fingerprint density at radius 1 is 1.40 bits per heavy atom. The lowest BCUT2D eigenvalue weighted by atomic mass is 9.85. The molecule has 0 amide bonds. The van der Waals surface area contributed by atoms with Crippen LogP contribution in [0, 0.1) is 5.92 Å². The molecule has 2 aliphatic rings. The molecule has 0 saturated heterocycles. The van der Waals surface area contributed by atoms with Crippen molar-refractivity contribution in [2.24, 2.45) is 5.92 Å². The molecule has 1 aromatic rings. The molecule has 2 saturated carbocycles. The zero-order valence-corrected chi connectivity index (χ0v) is 12.8. The predicted octanol–water partition coefficient (Wildman–Crippen LogP) is 3.19. The van der Waals surface area contributed by atoms with E-state index in [2.05, 4.69) is 5.32 Å². The van der Waals surface area contributed by atoms with Gasteiger partial charge in [-0.3, -0.25) is 0 Å². The highest BCUT2D eigenvalue weighted by Crippen LogP contribution is 2.40. The minimum absolute atomic E-state index is 0.0202. The van der Waals surface area contributed by atoms with Crippen LogP contribution in [0.1, 0.15) is 44.3 Å². The van der Waals surface area contributed by atoms with Gasteiger partial charge in [0.05, 0.1) is 18.6 Å². The molecule has 2 fully saturated rings. The number of aliphatic hydroxyl groups is 1. The van der Waals surface area contributed by atoms with Gasteiger partial charge in [0, 0.05) is 11.6 Å². The van der Waals surface area contributed by atoms with Gasteiger partial charge in [-0.15, -0.1) is 0 Å². The molecule has 0 aromatic carbocycles. The van der Waals surface area contributed by atoms with Crippen LogP contribution in [0.15, 0.2) is 22.8 Å². The van der Waals surface area contributed by atoms with Crippen LogP contribution in [0.2, 0.25) is 0 Å². The van der Waals surface area contributed by atoms with E-state index >= 15 is 0 Å². The van der Waals surface area contributed by atoms with Crippen molar-refractivity contribution in [2.45, 2.75) is 55.9 Å². The molecule has 1 heterocycles. The van der Waals surface area contributed by atoms with Crippen LogP contribution in [-0.2, 0) is 5.75 Å². The standard InChI is InChI=1S/C16H25NO2S/c18-12-16(17-14-5-6-14)8-1-3-13(16)7-10-20-11-15-4-2-9-19-15/h2,4,9,13-14,17-18H,1,3,5-8,10-12H2. The molecule has 0 radical (unpaired) electrons. The Bertz CT molecular complexity index is 405. The van der Waals surface area contributed by atoms with Crippen molar-refractivity contribution < 1.29 is 9.52 Å². The van der Waals surface area contributed by atoms with Gasteiger partial charge in [0.25, 0.3) is 0 Å². The van der Waals surface area contributed by atoms with Gasteiger partial charge in [-0.05, 0) is 55.9 Å². The number of hydrogen-bond acceptors (Lipinski definition) is 4. The van der Waals surface area contributed by atoms with E-state index in [1.54, 1.807) is 6.26 Å². The molecule has 3 rings (SSSR count). The van der Waals surface area contributed by atoms with E-state index in [1.165, 1.54) is 32.1 Å². The van der Waals surface area contributed by atoms with E-state index in [-0.39, 0.29) is 5.54 Å². The lowest BCUT2D eigenvalue weighted by molar-refractivity contribution is 0.120. The van der Waals surface area contributed by atoms with E-state index in [9.17, 15) is 5.11 Å². The summed E-state index contributed by atoms with van der Waals surface area (Å²) in [7, 11) is 0. The van der Waals surface area contributed by atoms with Crippen molar-refractivity contribution >= 4 is 11.8 Å². The maximum absolute atomic E-state index is 9.89. The second-order valence-corrected chi connectivity index (χ2v) is 7.35. The number of hydrogen-bond donors (Lipinski definition) is 2. The van der Waals surface area contributed by atoms with Crippen LogP contribution in [0.25, 0.3) is 0 Å². The number of thioether (sulfide) groups is 1. The van der Waals surface area contributed by atoms with Crippen LogP contribution in [0.4, 0.5) is 0 Å².